The summed E-state index contributed by atoms with van der Waals surface area (Å²) in [7, 11) is 0. The minimum absolute atomic E-state index is 0.0793. The standard InChI is InChI=1S/C20H25N3O3/c1-3-18(24)22-10-6-9-17(13-22)19(25)21-14(2)20(26)23-11-15-7-4-5-8-16(15)12-23/h3-5,7-8,14,17H,1,6,9-13H2,2H3,(H,21,25)/t14-,17?/m1/s1. The highest BCUT2D eigenvalue weighted by molar-refractivity contribution is 5.90. The summed E-state index contributed by atoms with van der Waals surface area (Å²) in [5, 5.41) is 2.84. The maximum Gasteiger partial charge on any atom is 0.245 e. The second kappa shape index (κ2) is 7.72. The van der Waals surface area contributed by atoms with Gasteiger partial charge in [0.05, 0.1) is 5.92 Å². The van der Waals surface area contributed by atoms with E-state index in [-0.39, 0.29) is 23.6 Å². The molecular weight excluding hydrogens is 330 g/mol. The van der Waals surface area contributed by atoms with E-state index in [1.807, 2.05) is 24.3 Å². The van der Waals surface area contributed by atoms with Crippen molar-refractivity contribution in [2.75, 3.05) is 13.1 Å². The molecule has 1 N–H and O–H groups in total. The summed E-state index contributed by atoms with van der Waals surface area (Å²) in [6.45, 7) is 7.41. The highest BCUT2D eigenvalue weighted by atomic mass is 16.2. The fourth-order valence-electron chi connectivity index (χ4n) is 3.68. The summed E-state index contributed by atoms with van der Waals surface area (Å²) < 4.78 is 0. The van der Waals surface area contributed by atoms with Crippen LogP contribution in [0, 0.1) is 5.92 Å². The molecule has 3 amide bonds. The third-order valence-electron chi connectivity index (χ3n) is 5.16. The number of carbonyl (C=O) groups excluding carboxylic acids is 3. The van der Waals surface area contributed by atoms with Crippen molar-refractivity contribution in [3.8, 4) is 0 Å². The van der Waals surface area contributed by atoms with Gasteiger partial charge in [-0.3, -0.25) is 14.4 Å². The van der Waals surface area contributed by atoms with Gasteiger partial charge in [0.1, 0.15) is 6.04 Å². The molecule has 138 valence electrons. The Balaban J connectivity index is 1.55. The maximum absolute atomic E-state index is 12.7. The molecule has 1 aromatic carbocycles. The first kappa shape index (κ1) is 18.2. The topological polar surface area (TPSA) is 69.7 Å². The number of likely N-dealkylation sites (tertiary alicyclic amines) is 1. The fourth-order valence-corrected chi connectivity index (χ4v) is 3.68. The number of hydrogen-bond donors (Lipinski definition) is 1. The van der Waals surface area contributed by atoms with Crippen LogP contribution in [0.25, 0.3) is 0 Å². The van der Waals surface area contributed by atoms with Gasteiger partial charge in [-0.2, -0.15) is 0 Å². The zero-order valence-corrected chi connectivity index (χ0v) is 15.1. The molecule has 0 aromatic heterocycles. The molecule has 0 radical (unpaired) electrons. The number of nitrogens with one attached hydrogen (secondary N) is 1. The summed E-state index contributed by atoms with van der Waals surface area (Å²) in [6.07, 6.45) is 2.78. The molecule has 0 saturated carbocycles. The summed E-state index contributed by atoms with van der Waals surface area (Å²) in [5.74, 6) is -0.673. The number of nitrogens with zero attached hydrogens (tertiary/aromatic N) is 2. The lowest BCUT2D eigenvalue weighted by molar-refractivity contribution is -0.139. The van der Waals surface area contributed by atoms with Crippen molar-refractivity contribution >= 4 is 17.7 Å². The van der Waals surface area contributed by atoms with Gasteiger partial charge in [0, 0.05) is 26.2 Å². The molecule has 1 unspecified atom stereocenters. The smallest absolute Gasteiger partial charge is 0.245 e. The van der Waals surface area contributed by atoms with Crippen LogP contribution in [0.5, 0.6) is 0 Å². The van der Waals surface area contributed by atoms with E-state index < -0.39 is 6.04 Å². The van der Waals surface area contributed by atoms with E-state index in [1.54, 1.807) is 16.7 Å². The van der Waals surface area contributed by atoms with Crippen molar-refractivity contribution in [3.63, 3.8) is 0 Å². The van der Waals surface area contributed by atoms with E-state index in [0.29, 0.717) is 26.2 Å². The van der Waals surface area contributed by atoms with E-state index in [2.05, 4.69) is 11.9 Å². The van der Waals surface area contributed by atoms with Crippen LogP contribution < -0.4 is 5.32 Å². The molecule has 2 aliphatic rings. The van der Waals surface area contributed by atoms with Crippen LogP contribution in [-0.4, -0.2) is 46.7 Å². The number of carbonyl (C=O) groups is 3. The van der Waals surface area contributed by atoms with Crippen molar-refractivity contribution in [2.45, 2.75) is 38.9 Å². The Morgan fingerprint density at radius 1 is 1.19 bits per heavy atom. The van der Waals surface area contributed by atoms with Gasteiger partial charge in [0.2, 0.25) is 17.7 Å². The van der Waals surface area contributed by atoms with Gasteiger partial charge in [-0.05, 0) is 37.0 Å². The molecule has 1 saturated heterocycles. The quantitative estimate of drug-likeness (QED) is 0.832. The van der Waals surface area contributed by atoms with Gasteiger partial charge in [-0.25, -0.2) is 0 Å². The SMILES string of the molecule is C=CC(=O)N1CCCC(C(=O)N[C@H](C)C(=O)N2Cc3ccccc3C2)C1. The Hall–Kier alpha value is -2.63. The Morgan fingerprint density at radius 2 is 1.85 bits per heavy atom. The van der Waals surface area contributed by atoms with Crippen molar-refractivity contribution in [2.24, 2.45) is 5.92 Å². The first-order valence-electron chi connectivity index (χ1n) is 9.07. The predicted molar refractivity (Wildman–Crippen MR) is 97.8 cm³/mol. The zero-order valence-electron chi connectivity index (χ0n) is 15.1. The van der Waals surface area contributed by atoms with Gasteiger partial charge in [-0.15, -0.1) is 0 Å². The van der Waals surface area contributed by atoms with Crippen molar-refractivity contribution < 1.29 is 14.4 Å². The molecule has 2 aliphatic heterocycles. The largest absolute Gasteiger partial charge is 0.344 e. The summed E-state index contributed by atoms with van der Waals surface area (Å²) in [6, 6.07) is 7.41. The number of benzene rings is 1. The van der Waals surface area contributed by atoms with E-state index in [9.17, 15) is 14.4 Å². The maximum atomic E-state index is 12.7. The van der Waals surface area contributed by atoms with Crippen molar-refractivity contribution in [3.05, 3.63) is 48.0 Å². The summed E-state index contributed by atoms with van der Waals surface area (Å²) in [5.41, 5.74) is 2.32. The van der Waals surface area contributed by atoms with Gasteiger partial charge in [0.25, 0.3) is 0 Å². The highest BCUT2D eigenvalue weighted by Crippen LogP contribution is 2.23. The molecular formula is C20H25N3O3. The van der Waals surface area contributed by atoms with E-state index in [1.165, 1.54) is 6.08 Å². The lowest BCUT2D eigenvalue weighted by atomic mass is 9.96. The molecule has 3 rings (SSSR count). The second-order valence-corrected chi connectivity index (χ2v) is 7.02. The van der Waals surface area contributed by atoms with Crippen LogP contribution in [-0.2, 0) is 27.5 Å². The van der Waals surface area contributed by atoms with Crippen molar-refractivity contribution in [1.82, 2.24) is 15.1 Å². The minimum Gasteiger partial charge on any atom is -0.344 e. The Labute approximate surface area is 153 Å². The highest BCUT2D eigenvalue weighted by Gasteiger charge is 2.31. The van der Waals surface area contributed by atoms with Crippen molar-refractivity contribution in [1.29, 1.82) is 0 Å². The third kappa shape index (κ3) is 3.79. The summed E-state index contributed by atoms with van der Waals surface area (Å²) >= 11 is 0. The number of fused-ring (bicyclic) bond motifs is 1. The zero-order chi connectivity index (χ0) is 18.7. The molecule has 1 fully saturated rings. The van der Waals surface area contributed by atoms with E-state index in [4.69, 9.17) is 0 Å². The normalized spacial score (nSPS) is 20.3. The molecule has 0 spiro atoms. The van der Waals surface area contributed by atoms with Gasteiger partial charge < -0.3 is 15.1 Å². The lowest BCUT2D eigenvalue weighted by Crippen LogP contribution is -2.50. The Bertz CT molecular complexity index is 706. The lowest BCUT2D eigenvalue weighted by Gasteiger charge is -2.32. The van der Waals surface area contributed by atoms with Crippen LogP contribution >= 0.6 is 0 Å². The molecule has 0 aliphatic carbocycles. The Kier molecular flexibility index (Phi) is 5.40. The Morgan fingerprint density at radius 3 is 2.46 bits per heavy atom. The first-order chi connectivity index (χ1) is 12.5. The second-order valence-electron chi connectivity index (χ2n) is 7.02. The first-order valence-corrected chi connectivity index (χ1v) is 9.07. The third-order valence-corrected chi connectivity index (χ3v) is 5.16. The van der Waals surface area contributed by atoms with E-state index in [0.717, 1.165) is 24.0 Å². The molecule has 6 heteroatoms. The monoisotopic (exact) mass is 355 g/mol. The average molecular weight is 355 g/mol. The van der Waals surface area contributed by atoms with Gasteiger partial charge in [0.15, 0.2) is 0 Å². The van der Waals surface area contributed by atoms with Crippen LogP contribution in [0.3, 0.4) is 0 Å². The number of rotatable bonds is 4. The molecule has 2 atom stereocenters. The van der Waals surface area contributed by atoms with Crippen LogP contribution in [0.2, 0.25) is 0 Å². The minimum atomic E-state index is -0.581. The van der Waals surface area contributed by atoms with E-state index >= 15 is 0 Å². The number of piperidine rings is 1. The molecule has 2 heterocycles. The van der Waals surface area contributed by atoms with Crippen LogP contribution in [0.15, 0.2) is 36.9 Å². The number of hydrogen-bond acceptors (Lipinski definition) is 3. The van der Waals surface area contributed by atoms with Crippen LogP contribution in [0.1, 0.15) is 30.9 Å². The van der Waals surface area contributed by atoms with Gasteiger partial charge in [-0.1, -0.05) is 30.8 Å². The number of amides is 3. The molecule has 1 aromatic rings. The molecule has 26 heavy (non-hydrogen) atoms. The average Bonchev–Trinajstić information content (AvgIpc) is 3.10. The summed E-state index contributed by atoms with van der Waals surface area (Å²) in [4.78, 5) is 40.4. The molecule has 6 nitrogen and oxygen atoms in total. The fraction of sp³-hybridized carbons (Fsp3) is 0.450. The van der Waals surface area contributed by atoms with Crippen LogP contribution in [0.4, 0.5) is 0 Å². The predicted octanol–water partition coefficient (Wildman–Crippen LogP) is 1.46. The molecule has 0 bridgehead atoms. The van der Waals surface area contributed by atoms with Gasteiger partial charge >= 0.3 is 0 Å².